The van der Waals surface area contributed by atoms with E-state index in [9.17, 15) is 9.59 Å². The average Bonchev–Trinajstić information content (AvgIpc) is 2.23. The van der Waals surface area contributed by atoms with Gasteiger partial charge in [0, 0.05) is 19.2 Å². The van der Waals surface area contributed by atoms with Crippen LogP contribution in [0.1, 0.15) is 40.0 Å². The Morgan fingerprint density at radius 3 is 2.35 bits per heavy atom. The molecule has 0 radical (unpaired) electrons. The van der Waals surface area contributed by atoms with Crippen LogP contribution >= 0.6 is 0 Å². The fourth-order valence-electron chi connectivity index (χ4n) is 1.44. The van der Waals surface area contributed by atoms with Gasteiger partial charge in [0.2, 0.25) is 5.91 Å². The lowest BCUT2D eigenvalue weighted by molar-refractivity contribution is -0.139. The molecule has 5 nitrogen and oxygen atoms in total. The minimum absolute atomic E-state index is 0.0141. The van der Waals surface area contributed by atoms with Crippen molar-refractivity contribution in [2.45, 2.75) is 46.1 Å². The van der Waals surface area contributed by atoms with Gasteiger partial charge in [0.05, 0.1) is 19.4 Å². The molecule has 0 rings (SSSR count). The number of carbonyl (C=O) groups excluding carboxylic acids is 1. The number of carbonyl (C=O) groups is 2. The van der Waals surface area contributed by atoms with Gasteiger partial charge in [-0.15, -0.1) is 0 Å². The second-order valence-electron chi connectivity index (χ2n) is 4.19. The SMILES string of the molecule is CCCOCCC(=O)N(CCC(=O)O)C(C)C. The van der Waals surface area contributed by atoms with Crippen LogP contribution in [0.25, 0.3) is 0 Å². The highest BCUT2D eigenvalue weighted by Crippen LogP contribution is 2.03. The van der Waals surface area contributed by atoms with Gasteiger partial charge in [-0.05, 0) is 20.3 Å². The summed E-state index contributed by atoms with van der Waals surface area (Å²) in [4.78, 5) is 23.9. The largest absolute Gasteiger partial charge is 0.481 e. The highest BCUT2D eigenvalue weighted by atomic mass is 16.5. The van der Waals surface area contributed by atoms with E-state index in [2.05, 4.69) is 0 Å². The van der Waals surface area contributed by atoms with Crippen molar-refractivity contribution < 1.29 is 19.4 Å². The summed E-state index contributed by atoms with van der Waals surface area (Å²) in [6.07, 6.45) is 1.23. The van der Waals surface area contributed by atoms with Crippen molar-refractivity contribution in [2.75, 3.05) is 19.8 Å². The maximum Gasteiger partial charge on any atom is 0.305 e. The van der Waals surface area contributed by atoms with Gasteiger partial charge in [-0.3, -0.25) is 9.59 Å². The second-order valence-corrected chi connectivity index (χ2v) is 4.19. The Morgan fingerprint density at radius 1 is 1.24 bits per heavy atom. The Morgan fingerprint density at radius 2 is 1.88 bits per heavy atom. The molecule has 0 spiro atoms. The smallest absolute Gasteiger partial charge is 0.305 e. The molecule has 5 heteroatoms. The molecule has 0 aromatic rings. The molecule has 17 heavy (non-hydrogen) atoms. The van der Waals surface area contributed by atoms with Crippen LogP contribution in [0.3, 0.4) is 0 Å². The van der Waals surface area contributed by atoms with Crippen molar-refractivity contribution in [1.29, 1.82) is 0 Å². The zero-order chi connectivity index (χ0) is 13.3. The van der Waals surface area contributed by atoms with Crippen LogP contribution in [0.4, 0.5) is 0 Å². The Labute approximate surface area is 103 Å². The molecule has 0 aromatic heterocycles. The third-order valence-corrected chi connectivity index (χ3v) is 2.32. The van der Waals surface area contributed by atoms with E-state index >= 15 is 0 Å². The van der Waals surface area contributed by atoms with E-state index in [1.807, 2.05) is 20.8 Å². The number of amides is 1. The van der Waals surface area contributed by atoms with E-state index in [0.717, 1.165) is 6.42 Å². The van der Waals surface area contributed by atoms with Gasteiger partial charge >= 0.3 is 5.97 Å². The van der Waals surface area contributed by atoms with Crippen molar-refractivity contribution in [3.05, 3.63) is 0 Å². The first kappa shape index (κ1) is 15.9. The van der Waals surface area contributed by atoms with Gasteiger partial charge in [0.15, 0.2) is 0 Å². The number of carboxylic acid groups (broad SMARTS) is 1. The number of carboxylic acids is 1. The van der Waals surface area contributed by atoms with Crippen molar-refractivity contribution in [3.8, 4) is 0 Å². The Hall–Kier alpha value is -1.10. The average molecular weight is 245 g/mol. The summed E-state index contributed by atoms with van der Waals surface area (Å²) in [5.74, 6) is -0.928. The molecular formula is C12H23NO4. The van der Waals surface area contributed by atoms with Gasteiger partial charge in [-0.2, -0.15) is 0 Å². The zero-order valence-electron chi connectivity index (χ0n) is 10.9. The zero-order valence-corrected chi connectivity index (χ0v) is 10.9. The molecule has 0 aliphatic rings. The molecule has 0 aliphatic carbocycles. The predicted octanol–water partition coefficient (Wildman–Crippen LogP) is 1.51. The topological polar surface area (TPSA) is 66.8 Å². The summed E-state index contributed by atoms with van der Waals surface area (Å²) in [5.41, 5.74) is 0. The minimum atomic E-state index is -0.884. The van der Waals surface area contributed by atoms with Crippen LogP contribution in [-0.4, -0.2) is 47.7 Å². The lowest BCUT2D eigenvalue weighted by atomic mass is 10.2. The lowest BCUT2D eigenvalue weighted by Gasteiger charge is -2.26. The van der Waals surface area contributed by atoms with Gasteiger partial charge < -0.3 is 14.7 Å². The van der Waals surface area contributed by atoms with Crippen LogP contribution in [0.5, 0.6) is 0 Å². The van der Waals surface area contributed by atoms with E-state index in [1.54, 1.807) is 4.90 Å². The molecule has 0 fully saturated rings. The van der Waals surface area contributed by atoms with Crippen LogP contribution in [0.15, 0.2) is 0 Å². The number of nitrogens with zero attached hydrogens (tertiary/aromatic N) is 1. The Kier molecular flexibility index (Phi) is 8.40. The number of hydrogen-bond acceptors (Lipinski definition) is 3. The normalized spacial score (nSPS) is 10.6. The molecule has 1 N–H and O–H groups in total. The first-order chi connectivity index (χ1) is 7.99. The standard InChI is InChI=1S/C12H23NO4/c1-4-8-17-9-6-11(14)13(10(2)3)7-5-12(15)16/h10H,4-9H2,1-3H3,(H,15,16). The van der Waals surface area contributed by atoms with Gasteiger partial charge in [-0.1, -0.05) is 6.92 Å². The maximum absolute atomic E-state index is 11.8. The highest BCUT2D eigenvalue weighted by molar-refractivity contribution is 5.77. The lowest BCUT2D eigenvalue weighted by Crippen LogP contribution is -2.38. The van der Waals surface area contributed by atoms with Gasteiger partial charge in [0.1, 0.15) is 0 Å². The van der Waals surface area contributed by atoms with E-state index in [0.29, 0.717) is 19.6 Å². The van der Waals surface area contributed by atoms with E-state index < -0.39 is 5.97 Å². The van der Waals surface area contributed by atoms with Crippen LogP contribution < -0.4 is 0 Å². The number of rotatable bonds is 9. The van der Waals surface area contributed by atoms with Crippen LogP contribution in [-0.2, 0) is 14.3 Å². The highest BCUT2D eigenvalue weighted by Gasteiger charge is 2.17. The summed E-state index contributed by atoms with van der Waals surface area (Å²) >= 11 is 0. The molecule has 0 saturated carbocycles. The third-order valence-electron chi connectivity index (χ3n) is 2.32. The Bertz CT molecular complexity index is 241. The van der Waals surface area contributed by atoms with Crippen molar-refractivity contribution in [1.82, 2.24) is 4.90 Å². The van der Waals surface area contributed by atoms with Crippen LogP contribution in [0.2, 0.25) is 0 Å². The summed E-state index contributed by atoms with van der Waals surface area (Å²) in [5, 5.41) is 8.61. The maximum atomic E-state index is 11.8. The van der Waals surface area contributed by atoms with E-state index in [1.165, 1.54) is 0 Å². The quantitative estimate of drug-likeness (QED) is 0.625. The molecular weight excluding hydrogens is 222 g/mol. The molecule has 0 aromatic carbocycles. The fraction of sp³-hybridized carbons (Fsp3) is 0.833. The summed E-state index contributed by atoms with van der Waals surface area (Å²) in [7, 11) is 0. The second kappa shape index (κ2) is 8.98. The number of hydrogen-bond donors (Lipinski definition) is 1. The summed E-state index contributed by atoms with van der Waals surface area (Å²) in [6, 6.07) is 0.0213. The Balaban J connectivity index is 4.02. The molecule has 0 aliphatic heterocycles. The van der Waals surface area contributed by atoms with Gasteiger partial charge in [-0.25, -0.2) is 0 Å². The third kappa shape index (κ3) is 7.74. The van der Waals surface area contributed by atoms with Crippen molar-refractivity contribution in [3.63, 3.8) is 0 Å². The van der Waals surface area contributed by atoms with Crippen LogP contribution in [0, 0.1) is 0 Å². The predicted molar refractivity (Wildman–Crippen MR) is 64.8 cm³/mol. The van der Waals surface area contributed by atoms with Crippen molar-refractivity contribution in [2.24, 2.45) is 0 Å². The summed E-state index contributed by atoms with van der Waals surface area (Å²) < 4.78 is 5.25. The molecule has 0 atom stereocenters. The number of ether oxygens (including phenoxy) is 1. The molecule has 0 unspecified atom stereocenters. The number of aliphatic carboxylic acids is 1. The van der Waals surface area contributed by atoms with E-state index in [4.69, 9.17) is 9.84 Å². The molecule has 1 amide bonds. The molecule has 0 saturated heterocycles. The fourth-order valence-corrected chi connectivity index (χ4v) is 1.44. The van der Waals surface area contributed by atoms with E-state index in [-0.39, 0.29) is 24.9 Å². The molecule has 0 heterocycles. The first-order valence-electron chi connectivity index (χ1n) is 6.08. The first-order valence-corrected chi connectivity index (χ1v) is 6.08. The molecule has 100 valence electrons. The van der Waals surface area contributed by atoms with Crippen molar-refractivity contribution >= 4 is 11.9 Å². The molecule has 0 bridgehead atoms. The van der Waals surface area contributed by atoms with Gasteiger partial charge in [0.25, 0.3) is 0 Å². The summed E-state index contributed by atoms with van der Waals surface area (Å²) in [6.45, 7) is 7.10. The monoisotopic (exact) mass is 245 g/mol. The minimum Gasteiger partial charge on any atom is -0.481 e.